The monoisotopic (exact) mass is 457 g/mol. The smallest absolute Gasteiger partial charge is 0.417 e. The predicted octanol–water partition coefficient (Wildman–Crippen LogP) is 4.73. The number of carbonyl (C=O) groups excluding carboxylic acids is 1. The highest BCUT2D eigenvalue weighted by Crippen LogP contribution is 2.42. The van der Waals surface area contributed by atoms with Gasteiger partial charge in [0.15, 0.2) is 0 Å². The van der Waals surface area contributed by atoms with Crippen LogP contribution >= 0.6 is 0 Å². The van der Waals surface area contributed by atoms with Crippen LogP contribution in [0.15, 0.2) is 48.8 Å². The normalized spacial score (nSPS) is 22.1. The van der Waals surface area contributed by atoms with Crippen molar-refractivity contribution in [3.63, 3.8) is 0 Å². The average molecular weight is 457 g/mol. The molecular weight excluding hydrogens is 435 g/mol. The maximum Gasteiger partial charge on any atom is 0.417 e. The summed E-state index contributed by atoms with van der Waals surface area (Å²) < 4.78 is 50.1. The molecule has 3 heterocycles. The van der Waals surface area contributed by atoms with E-state index >= 15 is 0 Å². The van der Waals surface area contributed by atoms with E-state index in [4.69, 9.17) is 9.47 Å². The third kappa shape index (κ3) is 3.96. The van der Waals surface area contributed by atoms with Crippen LogP contribution in [0.25, 0.3) is 10.9 Å². The molecule has 0 spiro atoms. The summed E-state index contributed by atoms with van der Waals surface area (Å²) in [6.07, 6.45) is -0.876. The van der Waals surface area contributed by atoms with E-state index < -0.39 is 11.7 Å². The van der Waals surface area contributed by atoms with Gasteiger partial charge in [0.2, 0.25) is 5.88 Å². The van der Waals surface area contributed by atoms with Crippen molar-refractivity contribution in [2.75, 3.05) is 13.2 Å². The molecule has 2 aliphatic rings. The molecule has 5 rings (SSSR count). The fourth-order valence-corrected chi connectivity index (χ4v) is 4.85. The van der Waals surface area contributed by atoms with Crippen LogP contribution < -0.4 is 9.47 Å². The fourth-order valence-electron chi connectivity index (χ4n) is 4.85. The van der Waals surface area contributed by atoms with E-state index in [1.165, 1.54) is 6.07 Å². The van der Waals surface area contributed by atoms with Crippen LogP contribution in [-0.4, -0.2) is 46.1 Å². The van der Waals surface area contributed by atoms with Gasteiger partial charge in [-0.2, -0.15) is 13.2 Å². The van der Waals surface area contributed by atoms with Crippen LogP contribution in [-0.2, 0) is 6.18 Å². The van der Waals surface area contributed by atoms with E-state index in [0.717, 1.165) is 30.5 Å². The molecule has 1 amide bonds. The molecular formula is C24H22F3N3O3. The minimum atomic E-state index is -4.45. The highest BCUT2D eigenvalue weighted by atomic mass is 19.4. The SMILES string of the molecule is CCOc1ccc2cccnc2c1C(=O)N1CC2CC(Oc3ccc(C(F)(F)F)cn3)[C@H]1C2. The van der Waals surface area contributed by atoms with Crippen LogP contribution in [0.3, 0.4) is 0 Å². The molecule has 1 aromatic carbocycles. The number of fused-ring (bicyclic) bond motifs is 3. The van der Waals surface area contributed by atoms with E-state index in [9.17, 15) is 18.0 Å². The minimum absolute atomic E-state index is 0.120. The van der Waals surface area contributed by atoms with Crippen LogP contribution in [0.2, 0.25) is 0 Å². The topological polar surface area (TPSA) is 64.5 Å². The quantitative estimate of drug-likeness (QED) is 0.554. The maximum atomic E-state index is 13.7. The Hall–Kier alpha value is -3.36. The molecule has 2 fully saturated rings. The minimum Gasteiger partial charge on any atom is -0.493 e. The van der Waals surface area contributed by atoms with Crippen LogP contribution in [0.5, 0.6) is 11.6 Å². The molecule has 1 saturated heterocycles. The van der Waals surface area contributed by atoms with Crippen molar-refractivity contribution in [2.24, 2.45) is 5.92 Å². The van der Waals surface area contributed by atoms with Gasteiger partial charge in [-0.3, -0.25) is 9.78 Å². The Morgan fingerprint density at radius 3 is 2.70 bits per heavy atom. The van der Waals surface area contributed by atoms with Crippen molar-refractivity contribution < 1.29 is 27.4 Å². The Balaban J connectivity index is 1.40. The third-order valence-corrected chi connectivity index (χ3v) is 6.27. The summed E-state index contributed by atoms with van der Waals surface area (Å²) in [5, 5.41) is 0.843. The Labute approximate surface area is 188 Å². The van der Waals surface area contributed by atoms with Crippen molar-refractivity contribution in [3.8, 4) is 11.6 Å². The Morgan fingerprint density at radius 1 is 1.15 bits per heavy atom. The van der Waals surface area contributed by atoms with Gasteiger partial charge in [0.25, 0.3) is 5.91 Å². The van der Waals surface area contributed by atoms with Crippen LogP contribution in [0.1, 0.15) is 35.7 Å². The van der Waals surface area contributed by atoms with Gasteiger partial charge in [0, 0.05) is 30.4 Å². The molecule has 33 heavy (non-hydrogen) atoms. The first-order valence-electron chi connectivity index (χ1n) is 10.9. The summed E-state index contributed by atoms with van der Waals surface area (Å²) in [5.74, 6) is 0.689. The summed E-state index contributed by atoms with van der Waals surface area (Å²) in [5.41, 5.74) is 0.179. The zero-order valence-corrected chi connectivity index (χ0v) is 17.9. The number of piperidine rings is 1. The number of ether oxygens (including phenoxy) is 2. The number of nitrogens with zero attached hydrogens (tertiary/aromatic N) is 3. The second-order valence-electron chi connectivity index (χ2n) is 8.35. The summed E-state index contributed by atoms with van der Waals surface area (Å²) >= 11 is 0. The summed E-state index contributed by atoms with van der Waals surface area (Å²) in [4.78, 5) is 23.8. The zero-order valence-electron chi connectivity index (χ0n) is 17.9. The number of amides is 1. The largest absolute Gasteiger partial charge is 0.493 e. The number of rotatable bonds is 5. The average Bonchev–Trinajstić information content (AvgIpc) is 3.39. The predicted molar refractivity (Wildman–Crippen MR) is 114 cm³/mol. The summed E-state index contributed by atoms with van der Waals surface area (Å²) in [7, 11) is 0. The van der Waals surface area contributed by atoms with Gasteiger partial charge in [-0.15, -0.1) is 0 Å². The number of alkyl halides is 3. The number of hydrogen-bond acceptors (Lipinski definition) is 5. The van der Waals surface area contributed by atoms with Gasteiger partial charge >= 0.3 is 6.18 Å². The number of likely N-dealkylation sites (tertiary alicyclic amines) is 1. The second-order valence-corrected chi connectivity index (χ2v) is 8.35. The van der Waals surface area contributed by atoms with Gasteiger partial charge in [-0.1, -0.05) is 6.07 Å². The number of benzene rings is 1. The molecule has 1 aliphatic carbocycles. The number of carbonyl (C=O) groups is 1. The number of aromatic nitrogens is 2. The van der Waals surface area contributed by atoms with Gasteiger partial charge in [-0.25, -0.2) is 4.98 Å². The van der Waals surface area contributed by atoms with Gasteiger partial charge in [0.05, 0.1) is 23.7 Å². The molecule has 0 N–H and O–H groups in total. The van der Waals surface area contributed by atoms with E-state index in [1.807, 2.05) is 25.1 Å². The van der Waals surface area contributed by atoms with E-state index in [0.29, 0.717) is 30.0 Å². The van der Waals surface area contributed by atoms with E-state index in [-0.39, 0.29) is 29.9 Å². The maximum absolute atomic E-state index is 13.7. The lowest BCUT2D eigenvalue weighted by atomic mass is 10.0. The molecule has 3 aromatic rings. The molecule has 6 nitrogen and oxygen atoms in total. The molecule has 1 saturated carbocycles. The molecule has 0 radical (unpaired) electrons. The lowest BCUT2D eigenvalue weighted by Crippen LogP contribution is -2.47. The number of halogens is 3. The molecule has 2 aromatic heterocycles. The molecule has 172 valence electrons. The van der Waals surface area contributed by atoms with Crippen molar-refractivity contribution in [3.05, 3.63) is 59.9 Å². The van der Waals surface area contributed by atoms with Crippen LogP contribution in [0, 0.1) is 5.92 Å². The lowest BCUT2D eigenvalue weighted by Gasteiger charge is -2.33. The standard InChI is InChI=1S/C24H22F3N3O3/c1-2-32-18-7-5-15-4-3-9-28-22(15)21(18)23(31)30-13-14-10-17(30)19(11-14)33-20-8-6-16(12-29-20)24(25,26)27/h3-9,12,14,17,19H,2,10-11,13H2,1H3/t14?,17-,19?/m1/s1. The third-order valence-electron chi connectivity index (χ3n) is 6.27. The first kappa shape index (κ1) is 21.5. The lowest BCUT2D eigenvalue weighted by molar-refractivity contribution is -0.137. The Bertz CT molecular complexity index is 1180. The first-order valence-corrected chi connectivity index (χ1v) is 10.9. The van der Waals surface area contributed by atoms with Crippen molar-refractivity contribution in [1.29, 1.82) is 0 Å². The van der Waals surface area contributed by atoms with E-state index in [1.54, 1.807) is 17.2 Å². The molecule has 1 aliphatic heterocycles. The van der Waals surface area contributed by atoms with Gasteiger partial charge in [0.1, 0.15) is 17.4 Å². The van der Waals surface area contributed by atoms with Crippen molar-refractivity contribution >= 4 is 16.8 Å². The number of hydrogen-bond donors (Lipinski definition) is 0. The molecule has 9 heteroatoms. The first-order chi connectivity index (χ1) is 15.8. The van der Waals surface area contributed by atoms with Crippen LogP contribution in [0.4, 0.5) is 13.2 Å². The fraction of sp³-hybridized carbons (Fsp3) is 0.375. The molecule has 2 bridgehead atoms. The summed E-state index contributed by atoms with van der Waals surface area (Å²) in [6.45, 7) is 2.87. The summed E-state index contributed by atoms with van der Waals surface area (Å²) in [6, 6.07) is 9.36. The highest BCUT2D eigenvalue weighted by molar-refractivity contribution is 6.08. The second kappa shape index (κ2) is 8.20. The Morgan fingerprint density at radius 2 is 2.00 bits per heavy atom. The highest BCUT2D eigenvalue weighted by Gasteiger charge is 2.49. The molecule has 2 unspecified atom stereocenters. The van der Waals surface area contributed by atoms with E-state index in [2.05, 4.69) is 9.97 Å². The zero-order chi connectivity index (χ0) is 23.2. The number of pyridine rings is 2. The molecule has 3 atom stereocenters. The Kier molecular flexibility index (Phi) is 5.34. The van der Waals surface area contributed by atoms with Gasteiger partial charge in [-0.05, 0) is 49.9 Å². The van der Waals surface area contributed by atoms with Gasteiger partial charge < -0.3 is 14.4 Å². The van der Waals surface area contributed by atoms with Crippen molar-refractivity contribution in [1.82, 2.24) is 14.9 Å². The van der Waals surface area contributed by atoms with Crippen molar-refractivity contribution in [2.45, 2.75) is 38.1 Å².